The van der Waals surface area contributed by atoms with Gasteiger partial charge < -0.3 is 10.2 Å². The highest BCUT2D eigenvalue weighted by Gasteiger charge is 2.57. The number of hydrogen-bond donors (Lipinski definition) is 2. The van der Waals surface area contributed by atoms with E-state index in [1.54, 1.807) is 30.3 Å². The number of aliphatic hydroxyl groups excluding tert-OH is 1. The van der Waals surface area contributed by atoms with Crippen molar-refractivity contribution >= 4 is 11.5 Å². The minimum absolute atomic E-state index is 0.387. The van der Waals surface area contributed by atoms with Crippen molar-refractivity contribution < 1.29 is 19.9 Å². The molecule has 0 heterocycles. The number of carboxylic acid groups (broad SMARTS) is 1. The minimum atomic E-state index is -2.50. The summed E-state index contributed by atoms with van der Waals surface area (Å²) in [6.07, 6.45) is 2.18. The van der Waals surface area contributed by atoms with Crippen LogP contribution >= 0.6 is 0 Å². The van der Waals surface area contributed by atoms with Gasteiger partial charge in [0.05, 0.1) is 6.42 Å². The number of rotatable bonds is 3. The van der Waals surface area contributed by atoms with Crippen molar-refractivity contribution in [3.8, 4) is 0 Å². The second kappa shape index (κ2) is 4.56. The van der Waals surface area contributed by atoms with E-state index in [1.807, 2.05) is 0 Å². The molecule has 1 aromatic rings. The lowest BCUT2D eigenvalue weighted by molar-refractivity contribution is -0.547. The second-order valence-electron chi connectivity index (χ2n) is 4.21. The summed E-state index contributed by atoms with van der Waals surface area (Å²) in [7, 11) is 0. The Morgan fingerprint density at radius 2 is 1.89 bits per heavy atom. The summed E-state index contributed by atoms with van der Waals surface area (Å²) in [5.74, 6) is -2.43. The van der Waals surface area contributed by atoms with E-state index in [-0.39, 0.29) is 6.42 Å². The van der Waals surface area contributed by atoms with Crippen molar-refractivity contribution in [1.29, 1.82) is 0 Å². The molecular formula is C13H11NO5. The lowest BCUT2D eigenvalue weighted by atomic mass is 9.82. The summed E-state index contributed by atoms with van der Waals surface area (Å²) in [4.78, 5) is 21.4. The standard InChI is InChI=1S/C13H11NO5/c15-11-7-6-10(9-4-2-1-3-5-9)8-13(11,12(16)17)14(18)19/h1-7,15H,8H2,(H,16,17). The number of nitro groups is 1. The maximum Gasteiger partial charge on any atom is 0.391 e. The molecule has 1 aromatic carbocycles. The van der Waals surface area contributed by atoms with Gasteiger partial charge in [-0.2, -0.15) is 0 Å². The van der Waals surface area contributed by atoms with Gasteiger partial charge in [0, 0.05) is 4.92 Å². The van der Waals surface area contributed by atoms with Gasteiger partial charge in [-0.3, -0.25) is 10.1 Å². The van der Waals surface area contributed by atoms with E-state index in [0.29, 0.717) is 11.1 Å². The van der Waals surface area contributed by atoms with Crippen molar-refractivity contribution in [2.75, 3.05) is 0 Å². The topological polar surface area (TPSA) is 101 Å². The van der Waals surface area contributed by atoms with E-state index >= 15 is 0 Å². The zero-order valence-corrected chi connectivity index (χ0v) is 9.81. The third-order valence-corrected chi connectivity index (χ3v) is 3.12. The first-order chi connectivity index (χ1) is 8.98. The molecule has 1 unspecified atom stereocenters. The molecule has 2 N–H and O–H groups in total. The van der Waals surface area contributed by atoms with Crippen LogP contribution in [0.25, 0.3) is 5.57 Å². The zero-order chi connectivity index (χ0) is 14.0. The van der Waals surface area contributed by atoms with Gasteiger partial charge in [-0.05, 0) is 17.2 Å². The zero-order valence-electron chi connectivity index (χ0n) is 9.81. The summed E-state index contributed by atoms with van der Waals surface area (Å²) in [6.45, 7) is 0. The molecule has 0 saturated heterocycles. The Labute approximate surface area is 108 Å². The van der Waals surface area contributed by atoms with Crippen LogP contribution in [0.3, 0.4) is 0 Å². The molecule has 0 fully saturated rings. The number of nitrogens with zero attached hydrogens (tertiary/aromatic N) is 1. The summed E-state index contributed by atoms with van der Waals surface area (Å²) in [5.41, 5.74) is -1.31. The number of benzene rings is 1. The lowest BCUT2D eigenvalue weighted by Crippen LogP contribution is -2.49. The van der Waals surface area contributed by atoms with Gasteiger partial charge in [-0.1, -0.05) is 36.4 Å². The van der Waals surface area contributed by atoms with Crippen LogP contribution in [-0.4, -0.2) is 26.6 Å². The van der Waals surface area contributed by atoms with Crippen molar-refractivity contribution in [3.63, 3.8) is 0 Å². The van der Waals surface area contributed by atoms with Crippen LogP contribution < -0.4 is 0 Å². The molecule has 2 rings (SSSR count). The summed E-state index contributed by atoms with van der Waals surface area (Å²) < 4.78 is 0. The number of carboxylic acids is 1. The van der Waals surface area contributed by atoms with Gasteiger partial charge in [-0.15, -0.1) is 0 Å². The van der Waals surface area contributed by atoms with Gasteiger partial charge >= 0.3 is 11.5 Å². The highest BCUT2D eigenvalue weighted by Crippen LogP contribution is 2.35. The van der Waals surface area contributed by atoms with Crippen LogP contribution in [-0.2, 0) is 4.79 Å². The maximum atomic E-state index is 11.2. The van der Waals surface area contributed by atoms with Gasteiger partial charge in [0.25, 0.3) is 0 Å². The summed E-state index contributed by atoms with van der Waals surface area (Å²) >= 11 is 0. The average Bonchev–Trinajstić information content (AvgIpc) is 2.39. The van der Waals surface area contributed by atoms with Gasteiger partial charge in [0.2, 0.25) is 0 Å². The Balaban J connectivity index is 2.49. The van der Waals surface area contributed by atoms with E-state index in [1.165, 1.54) is 6.08 Å². The Morgan fingerprint density at radius 1 is 1.26 bits per heavy atom. The molecule has 0 bridgehead atoms. The molecule has 98 valence electrons. The molecule has 1 aliphatic rings. The van der Waals surface area contributed by atoms with Crippen molar-refractivity contribution in [3.05, 3.63) is 63.9 Å². The van der Waals surface area contributed by atoms with Crippen molar-refractivity contribution in [2.24, 2.45) is 0 Å². The Kier molecular flexibility index (Phi) is 3.08. The maximum absolute atomic E-state index is 11.2. The molecule has 0 aromatic heterocycles. The first-order valence-corrected chi connectivity index (χ1v) is 5.52. The fraction of sp³-hybridized carbons (Fsp3) is 0.154. The predicted octanol–water partition coefficient (Wildman–Crippen LogP) is 2.02. The molecule has 6 heteroatoms. The van der Waals surface area contributed by atoms with Crippen LogP contribution in [0, 0.1) is 10.1 Å². The second-order valence-corrected chi connectivity index (χ2v) is 4.21. The van der Waals surface area contributed by atoms with Crippen LogP contribution in [0.2, 0.25) is 0 Å². The molecule has 1 atom stereocenters. The first kappa shape index (κ1) is 12.8. The molecule has 0 radical (unpaired) electrons. The Bertz CT molecular complexity index is 574. The molecule has 19 heavy (non-hydrogen) atoms. The number of hydrogen-bond acceptors (Lipinski definition) is 4. The normalized spacial score (nSPS) is 22.3. The van der Waals surface area contributed by atoms with E-state index in [0.717, 1.165) is 6.08 Å². The highest BCUT2D eigenvalue weighted by atomic mass is 16.6. The highest BCUT2D eigenvalue weighted by molar-refractivity contribution is 5.86. The molecule has 0 saturated carbocycles. The van der Waals surface area contributed by atoms with Crippen LogP contribution in [0.1, 0.15) is 12.0 Å². The fourth-order valence-electron chi connectivity index (χ4n) is 2.01. The predicted molar refractivity (Wildman–Crippen MR) is 67.1 cm³/mol. The fourth-order valence-corrected chi connectivity index (χ4v) is 2.01. The minimum Gasteiger partial charge on any atom is -0.505 e. The molecule has 0 spiro atoms. The van der Waals surface area contributed by atoms with Crippen LogP contribution in [0.15, 0.2) is 48.2 Å². The number of aliphatic carboxylic acids is 1. The van der Waals surface area contributed by atoms with E-state index in [4.69, 9.17) is 5.11 Å². The summed E-state index contributed by atoms with van der Waals surface area (Å²) in [6, 6.07) is 8.76. The quantitative estimate of drug-likeness (QED) is 0.640. The SMILES string of the molecule is O=C(O)C1([N+](=O)[O-])CC(c2ccccc2)=CC=C1O. The smallest absolute Gasteiger partial charge is 0.391 e. The summed E-state index contributed by atoms with van der Waals surface area (Å²) in [5, 5.41) is 29.8. The number of carbonyl (C=O) groups is 1. The Hall–Kier alpha value is -2.63. The van der Waals surface area contributed by atoms with Crippen molar-refractivity contribution in [2.45, 2.75) is 12.0 Å². The monoisotopic (exact) mass is 261 g/mol. The molecule has 0 amide bonds. The lowest BCUT2D eigenvalue weighted by Gasteiger charge is -2.24. The Morgan fingerprint density at radius 3 is 2.42 bits per heavy atom. The number of aliphatic hydroxyl groups is 1. The third-order valence-electron chi connectivity index (χ3n) is 3.12. The first-order valence-electron chi connectivity index (χ1n) is 5.52. The average molecular weight is 261 g/mol. The van der Waals surface area contributed by atoms with E-state index in [9.17, 15) is 20.0 Å². The third kappa shape index (κ3) is 1.97. The van der Waals surface area contributed by atoms with Gasteiger partial charge in [-0.25, -0.2) is 4.79 Å². The van der Waals surface area contributed by atoms with Gasteiger partial charge in [0.15, 0.2) is 5.76 Å². The van der Waals surface area contributed by atoms with Crippen LogP contribution in [0.4, 0.5) is 0 Å². The van der Waals surface area contributed by atoms with E-state index in [2.05, 4.69) is 0 Å². The van der Waals surface area contributed by atoms with Crippen molar-refractivity contribution in [1.82, 2.24) is 0 Å². The molecular weight excluding hydrogens is 250 g/mol. The largest absolute Gasteiger partial charge is 0.505 e. The van der Waals surface area contributed by atoms with Crippen LogP contribution in [0.5, 0.6) is 0 Å². The molecule has 0 aliphatic heterocycles. The molecule has 6 nitrogen and oxygen atoms in total. The van der Waals surface area contributed by atoms with Gasteiger partial charge in [0.1, 0.15) is 0 Å². The van der Waals surface area contributed by atoms with E-state index < -0.39 is 22.2 Å². The number of allylic oxidation sites excluding steroid dienone is 2. The molecule has 1 aliphatic carbocycles.